The summed E-state index contributed by atoms with van der Waals surface area (Å²) in [5.41, 5.74) is 4.86. The molecular formula is C13H13ClN4O. The van der Waals surface area contributed by atoms with Crippen LogP contribution in [0.2, 0.25) is 5.02 Å². The Morgan fingerprint density at radius 2 is 2.05 bits per heavy atom. The lowest BCUT2D eigenvalue weighted by Gasteiger charge is -2.03. The molecular weight excluding hydrogens is 264 g/mol. The van der Waals surface area contributed by atoms with Crippen molar-refractivity contribution in [2.24, 2.45) is 12.1 Å². The van der Waals surface area contributed by atoms with Crippen LogP contribution in [-0.4, -0.2) is 16.0 Å². The molecule has 0 spiro atoms. The van der Waals surface area contributed by atoms with Crippen LogP contribution in [0.4, 0.5) is 5.69 Å². The summed E-state index contributed by atoms with van der Waals surface area (Å²) in [6.45, 7) is 2.02. The molecule has 0 bridgehead atoms. The second-order valence-electron chi connectivity index (χ2n) is 4.08. The van der Waals surface area contributed by atoms with Crippen molar-refractivity contribution in [2.75, 3.05) is 5.43 Å². The molecule has 98 valence electrons. The Morgan fingerprint density at radius 1 is 1.37 bits per heavy atom. The Balaban J connectivity index is 2.13. The molecule has 2 rings (SSSR count). The third-order valence-electron chi connectivity index (χ3n) is 2.55. The number of nitrogens with one attached hydrogen (secondary N) is 1. The summed E-state index contributed by atoms with van der Waals surface area (Å²) in [5.74, 6) is 0. The van der Waals surface area contributed by atoms with E-state index >= 15 is 0 Å². The molecule has 2 aromatic rings. The van der Waals surface area contributed by atoms with Gasteiger partial charge in [-0.1, -0.05) is 41.4 Å². The first-order chi connectivity index (χ1) is 9.08. The van der Waals surface area contributed by atoms with Gasteiger partial charge in [-0.3, -0.25) is 10.2 Å². The highest BCUT2D eigenvalue weighted by Crippen LogP contribution is 2.14. The van der Waals surface area contributed by atoms with Gasteiger partial charge in [0.2, 0.25) is 0 Å². The van der Waals surface area contributed by atoms with Crippen LogP contribution in [0.15, 0.2) is 40.4 Å². The third kappa shape index (κ3) is 3.20. The molecule has 0 radical (unpaired) electrons. The van der Waals surface area contributed by atoms with Crippen molar-refractivity contribution in [3.8, 4) is 0 Å². The van der Waals surface area contributed by atoms with Crippen LogP contribution in [0.3, 0.4) is 0 Å². The monoisotopic (exact) mass is 276 g/mol. The average molecular weight is 277 g/mol. The molecule has 1 aromatic carbocycles. The van der Waals surface area contributed by atoms with Crippen molar-refractivity contribution in [1.82, 2.24) is 9.78 Å². The molecule has 0 unspecified atom stereocenters. The summed E-state index contributed by atoms with van der Waals surface area (Å²) in [6, 6.07) is 7.89. The number of halogens is 1. The van der Waals surface area contributed by atoms with Crippen molar-refractivity contribution >= 4 is 23.5 Å². The van der Waals surface area contributed by atoms with Gasteiger partial charge in [0, 0.05) is 7.05 Å². The maximum Gasteiger partial charge on any atom is 0.287 e. The van der Waals surface area contributed by atoms with E-state index in [2.05, 4.69) is 15.6 Å². The number of anilines is 1. The molecule has 0 fully saturated rings. The van der Waals surface area contributed by atoms with Crippen molar-refractivity contribution in [3.05, 3.63) is 57.0 Å². The van der Waals surface area contributed by atoms with E-state index in [0.717, 1.165) is 10.2 Å². The minimum absolute atomic E-state index is 0.0681. The SMILES string of the molecule is Cc1ccc(/C=N\Nc2cnn(C)c(=O)c2Cl)cc1. The Hall–Kier alpha value is -2.14. The van der Waals surface area contributed by atoms with Crippen molar-refractivity contribution in [3.63, 3.8) is 0 Å². The van der Waals surface area contributed by atoms with Crippen LogP contribution < -0.4 is 11.0 Å². The first-order valence-corrected chi connectivity index (χ1v) is 6.03. The molecule has 0 aliphatic heterocycles. The third-order valence-corrected chi connectivity index (χ3v) is 2.92. The summed E-state index contributed by atoms with van der Waals surface area (Å²) in [5, 5.41) is 7.95. The first kappa shape index (κ1) is 13.3. The Labute approximate surface area is 115 Å². The van der Waals surface area contributed by atoms with Gasteiger partial charge in [-0.05, 0) is 12.5 Å². The lowest BCUT2D eigenvalue weighted by molar-refractivity contribution is 0.708. The summed E-state index contributed by atoms with van der Waals surface area (Å²) >= 11 is 5.89. The Bertz CT molecular complexity index is 661. The van der Waals surface area contributed by atoms with Gasteiger partial charge in [-0.2, -0.15) is 10.2 Å². The Morgan fingerprint density at radius 3 is 2.74 bits per heavy atom. The summed E-state index contributed by atoms with van der Waals surface area (Å²) in [4.78, 5) is 11.5. The highest BCUT2D eigenvalue weighted by Gasteiger charge is 2.05. The normalized spacial score (nSPS) is 10.9. The van der Waals surface area contributed by atoms with E-state index in [-0.39, 0.29) is 10.6 Å². The number of hydrogen-bond acceptors (Lipinski definition) is 4. The van der Waals surface area contributed by atoms with Gasteiger partial charge in [-0.15, -0.1) is 0 Å². The Kier molecular flexibility index (Phi) is 3.97. The second kappa shape index (κ2) is 5.67. The molecule has 0 saturated heterocycles. The van der Waals surface area contributed by atoms with Gasteiger partial charge in [0.05, 0.1) is 12.4 Å². The largest absolute Gasteiger partial charge is 0.287 e. The van der Waals surface area contributed by atoms with Crippen LogP contribution in [0.25, 0.3) is 0 Å². The maximum absolute atomic E-state index is 11.5. The van der Waals surface area contributed by atoms with E-state index in [9.17, 15) is 4.79 Å². The topological polar surface area (TPSA) is 59.3 Å². The highest BCUT2D eigenvalue weighted by atomic mass is 35.5. The number of hydrazone groups is 1. The van der Waals surface area contributed by atoms with Gasteiger partial charge in [-0.25, -0.2) is 4.68 Å². The van der Waals surface area contributed by atoms with Crippen LogP contribution >= 0.6 is 11.6 Å². The summed E-state index contributed by atoms with van der Waals surface area (Å²) < 4.78 is 1.16. The molecule has 19 heavy (non-hydrogen) atoms. The molecule has 0 aliphatic carbocycles. The lowest BCUT2D eigenvalue weighted by Crippen LogP contribution is -2.20. The zero-order valence-electron chi connectivity index (χ0n) is 10.6. The van der Waals surface area contributed by atoms with E-state index in [1.54, 1.807) is 6.21 Å². The van der Waals surface area contributed by atoms with Crippen LogP contribution in [0.5, 0.6) is 0 Å². The number of aryl methyl sites for hydroxylation is 2. The summed E-state index contributed by atoms with van der Waals surface area (Å²) in [7, 11) is 1.54. The number of aromatic nitrogens is 2. The molecule has 0 atom stereocenters. The number of hydrogen-bond donors (Lipinski definition) is 1. The van der Waals surface area contributed by atoms with Crippen molar-refractivity contribution < 1.29 is 0 Å². The van der Waals surface area contributed by atoms with Gasteiger partial charge in [0.1, 0.15) is 10.7 Å². The summed E-state index contributed by atoms with van der Waals surface area (Å²) in [6.07, 6.45) is 3.10. The smallest absolute Gasteiger partial charge is 0.275 e. The molecule has 6 heteroatoms. The van der Waals surface area contributed by atoms with Crippen molar-refractivity contribution in [1.29, 1.82) is 0 Å². The fourth-order valence-electron chi connectivity index (χ4n) is 1.42. The first-order valence-electron chi connectivity index (χ1n) is 5.65. The van der Waals surface area contributed by atoms with Gasteiger partial charge < -0.3 is 0 Å². The van der Waals surface area contributed by atoms with Crippen LogP contribution in [0, 0.1) is 6.92 Å². The van der Waals surface area contributed by atoms with E-state index in [0.29, 0.717) is 5.69 Å². The van der Waals surface area contributed by atoms with E-state index < -0.39 is 0 Å². The number of rotatable bonds is 3. The standard InChI is InChI=1S/C13H13ClN4O/c1-9-3-5-10(6-4-9)7-15-17-11-8-16-18(2)13(19)12(11)14/h3-8,17H,1-2H3/b15-7-. The quantitative estimate of drug-likeness (QED) is 0.690. The van der Waals surface area contributed by atoms with Crippen molar-refractivity contribution in [2.45, 2.75) is 6.92 Å². The van der Waals surface area contributed by atoms with E-state index in [1.807, 2.05) is 31.2 Å². The predicted molar refractivity (Wildman–Crippen MR) is 76.9 cm³/mol. The molecule has 5 nitrogen and oxygen atoms in total. The fourth-order valence-corrected chi connectivity index (χ4v) is 1.63. The maximum atomic E-state index is 11.5. The van der Waals surface area contributed by atoms with Gasteiger partial charge in [0.15, 0.2) is 0 Å². The van der Waals surface area contributed by atoms with Crippen LogP contribution in [0.1, 0.15) is 11.1 Å². The average Bonchev–Trinajstić information content (AvgIpc) is 2.41. The zero-order chi connectivity index (χ0) is 13.8. The predicted octanol–water partition coefficient (Wildman–Crippen LogP) is 2.19. The fraction of sp³-hybridized carbons (Fsp3) is 0.154. The molecule has 0 amide bonds. The van der Waals surface area contributed by atoms with Gasteiger partial charge in [0.25, 0.3) is 5.56 Å². The molecule has 1 N–H and O–H groups in total. The molecule has 0 saturated carbocycles. The minimum Gasteiger partial charge on any atom is -0.275 e. The highest BCUT2D eigenvalue weighted by molar-refractivity contribution is 6.32. The molecule has 1 heterocycles. The lowest BCUT2D eigenvalue weighted by atomic mass is 10.2. The van der Waals surface area contributed by atoms with Gasteiger partial charge >= 0.3 is 0 Å². The number of benzene rings is 1. The second-order valence-corrected chi connectivity index (χ2v) is 4.46. The zero-order valence-corrected chi connectivity index (χ0v) is 11.3. The van der Waals surface area contributed by atoms with E-state index in [4.69, 9.17) is 11.6 Å². The van der Waals surface area contributed by atoms with Crippen LogP contribution in [-0.2, 0) is 7.05 Å². The van der Waals surface area contributed by atoms with E-state index in [1.165, 1.54) is 18.8 Å². The minimum atomic E-state index is -0.364. The molecule has 0 aliphatic rings. The molecule has 1 aromatic heterocycles. The number of nitrogens with zero attached hydrogens (tertiary/aromatic N) is 3.